The molecule has 0 aliphatic heterocycles. The monoisotopic (exact) mass is 198 g/mol. The Morgan fingerprint density at radius 2 is 0.643 bits per heavy atom. The molecule has 0 atom stereocenters. The van der Waals surface area contributed by atoms with E-state index in [2.05, 4.69) is 47.4 Å². The van der Waals surface area contributed by atoms with Gasteiger partial charge in [-0.15, -0.1) is 19.7 Å². The lowest BCUT2D eigenvalue weighted by Crippen LogP contribution is -1.93. The summed E-state index contributed by atoms with van der Waals surface area (Å²) < 4.78 is 0. The third kappa shape index (κ3) is 1930. The highest BCUT2D eigenvalue weighted by atomic mass is 14.0. The number of hydrogen-bond donors (Lipinski definition) is 0. The second kappa shape index (κ2) is 22.8. The molecular weight excluding hydrogens is 168 g/mol. The van der Waals surface area contributed by atoms with E-state index in [1.807, 2.05) is 20.8 Å². The van der Waals surface area contributed by atoms with Crippen LogP contribution in [0.3, 0.4) is 0 Å². The fraction of sp³-hybridized carbons (Fsp3) is 0.571. The van der Waals surface area contributed by atoms with Crippen molar-refractivity contribution in [1.82, 2.24) is 0 Å². The molecule has 0 aromatic carbocycles. The van der Waals surface area contributed by atoms with Crippen LogP contribution in [-0.4, -0.2) is 0 Å². The number of hydrogen-bond acceptors (Lipinski definition) is 0. The van der Waals surface area contributed by atoms with Crippen LogP contribution in [0.15, 0.2) is 38.0 Å². The van der Waals surface area contributed by atoms with E-state index in [1.165, 1.54) is 0 Å². The molecule has 0 amide bonds. The van der Waals surface area contributed by atoms with Crippen molar-refractivity contribution in [3.05, 3.63) is 38.0 Å². The summed E-state index contributed by atoms with van der Waals surface area (Å²) in [5.74, 6) is 0. The third-order valence-electron chi connectivity index (χ3n) is 0. The van der Waals surface area contributed by atoms with Crippen molar-refractivity contribution in [3.8, 4) is 0 Å². The summed E-state index contributed by atoms with van der Waals surface area (Å²) in [4.78, 5) is 0. The lowest BCUT2D eigenvalue weighted by atomic mass is 10.0. The van der Waals surface area contributed by atoms with Crippen molar-refractivity contribution in [1.29, 1.82) is 0 Å². The standard InChI is InChI=1S/C5H12.3C3H6/c1-5(2,3)4;3*1-3-2/h1-4H3;3*3H,1H2,2H3. The molecule has 0 unspecified atom stereocenters. The van der Waals surface area contributed by atoms with Gasteiger partial charge >= 0.3 is 0 Å². The Balaban J connectivity index is -0.0000000495. The largest absolute Gasteiger partial charge is 0.103 e. The third-order valence-corrected chi connectivity index (χ3v) is 0. The molecule has 0 aromatic rings. The van der Waals surface area contributed by atoms with Crippen molar-refractivity contribution < 1.29 is 0 Å². The van der Waals surface area contributed by atoms with Crippen molar-refractivity contribution in [2.24, 2.45) is 5.41 Å². The van der Waals surface area contributed by atoms with Crippen LogP contribution in [0, 0.1) is 5.41 Å². The Kier molecular flexibility index (Phi) is 37.8. The zero-order valence-electron chi connectivity index (χ0n) is 11.4. The zero-order valence-corrected chi connectivity index (χ0v) is 11.4. The van der Waals surface area contributed by atoms with Crippen LogP contribution < -0.4 is 0 Å². The Labute approximate surface area is 92.4 Å². The SMILES string of the molecule is C=CC.C=CC.C=CC.CC(C)(C)C. The second-order valence-corrected chi connectivity index (χ2v) is 4.22. The summed E-state index contributed by atoms with van der Waals surface area (Å²) in [5.41, 5.74) is 0.500. The van der Waals surface area contributed by atoms with Gasteiger partial charge in [-0.2, -0.15) is 0 Å². The van der Waals surface area contributed by atoms with Crippen molar-refractivity contribution in [2.45, 2.75) is 48.5 Å². The van der Waals surface area contributed by atoms with E-state index in [0.717, 1.165) is 0 Å². The Morgan fingerprint density at radius 3 is 0.643 bits per heavy atom. The van der Waals surface area contributed by atoms with Crippen LogP contribution in [0.1, 0.15) is 48.5 Å². The molecule has 0 aromatic heterocycles. The summed E-state index contributed by atoms with van der Waals surface area (Å²) in [5, 5.41) is 0. The maximum atomic E-state index is 3.36. The van der Waals surface area contributed by atoms with Gasteiger partial charge in [-0.3, -0.25) is 0 Å². The van der Waals surface area contributed by atoms with Gasteiger partial charge in [-0.05, 0) is 26.2 Å². The predicted molar refractivity (Wildman–Crippen MR) is 72.7 cm³/mol. The molecule has 0 aliphatic carbocycles. The number of allylic oxidation sites excluding steroid dienone is 3. The van der Waals surface area contributed by atoms with E-state index in [4.69, 9.17) is 0 Å². The van der Waals surface area contributed by atoms with Gasteiger partial charge in [0.1, 0.15) is 0 Å². The van der Waals surface area contributed by atoms with Gasteiger partial charge in [0.2, 0.25) is 0 Å². The fourth-order valence-electron chi connectivity index (χ4n) is 0. The second-order valence-electron chi connectivity index (χ2n) is 4.22. The lowest BCUT2D eigenvalue weighted by Gasteiger charge is -2.05. The maximum Gasteiger partial charge on any atom is -0.0411 e. The van der Waals surface area contributed by atoms with Crippen LogP contribution in [0.2, 0.25) is 0 Å². The first-order valence-corrected chi connectivity index (χ1v) is 4.96. The molecule has 86 valence electrons. The van der Waals surface area contributed by atoms with E-state index in [0.29, 0.717) is 5.41 Å². The van der Waals surface area contributed by atoms with Gasteiger partial charge in [0, 0.05) is 0 Å². The molecule has 0 aliphatic rings. The summed E-state index contributed by atoms with van der Waals surface area (Å²) in [6.45, 7) is 24.5. The molecule has 0 fully saturated rings. The number of rotatable bonds is 0. The Hall–Kier alpha value is -0.780. The van der Waals surface area contributed by atoms with Gasteiger partial charge in [0.05, 0.1) is 0 Å². The lowest BCUT2D eigenvalue weighted by molar-refractivity contribution is 0.469. The van der Waals surface area contributed by atoms with Gasteiger partial charge < -0.3 is 0 Å². The summed E-state index contributed by atoms with van der Waals surface area (Å²) >= 11 is 0. The minimum absolute atomic E-state index is 0.500. The molecule has 0 heterocycles. The maximum absolute atomic E-state index is 3.36. The molecule has 0 bridgehead atoms. The fourth-order valence-corrected chi connectivity index (χ4v) is 0. The van der Waals surface area contributed by atoms with Crippen LogP contribution in [0.4, 0.5) is 0 Å². The van der Waals surface area contributed by atoms with Gasteiger partial charge in [-0.25, -0.2) is 0 Å². The van der Waals surface area contributed by atoms with Gasteiger partial charge in [0.15, 0.2) is 0 Å². The molecule has 0 nitrogen and oxygen atoms in total. The van der Waals surface area contributed by atoms with E-state index in [1.54, 1.807) is 18.2 Å². The van der Waals surface area contributed by atoms with Crippen LogP contribution in [0.25, 0.3) is 0 Å². The van der Waals surface area contributed by atoms with Gasteiger partial charge in [0.25, 0.3) is 0 Å². The predicted octanol–water partition coefficient (Wildman–Crippen LogP) is 5.63. The molecule has 0 heteroatoms. The molecular formula is C14H30. The highest BCUT2D eigenvalue weighted by Gasteiger charge is 1.95. The molecule has 0 saturated heterocycles. The van der Waals surface area contributed by atoms with Crippen LogP contribution >= 0.6 is 0 Å². The average Bonchev–Trinajstić information content (AvgIpc) is 1.86. The van der Waals surface area contributed by atoms with Crippen molar-refractivity contribution in [2.75, 3.05) is 0 Å². The van der Waals surface area contributed by atoms with Crippen LogP contribution in [0.5, 0.6) is 0 Å². The topological polar surface area (TPSA) is 0 Å². The minimum Gasteiger partial charge on any atom is -0.103 e. The molecule has 0 spiro atoms. The molecule has 14 heavy (non-hydrogen) atoms. The Bertz CT molecular complexity index is 81.4. The van der Waals surface area contributed by atoms with E-state index < -0.39 is 0 Å². The quantitative estimate of drug-likeness (QED) is 0.442. The van der Waals surface area contributed by atoms with E-state index >= 15 is 0 Å². The first-order chi connectivity index (χ1) is 6.24. The first-order valence-electron chi connectivity index (χ1n) is 4.96. The summed E-state index contributed by atoms with van der Waals surface area (Å²) in [7, 11) is 0. The van der Waals surface area contributed by atoms with Gasteiger partial charge in [-0.1, -0.05) is 45.9 Å². The minimum atomic E-state index is 0.500. The summed E-state index contributed by atoms with van der Waals surface area (Å²) in [6, 6.07) is 0. The molecule has 0 N–H and O–H groups in total. The molecule has 0 radical (unpaired) electrons. The van der Waals surface area contributed by atoms with E-state index in [9.17, 15) is 0 Å². The zero-order chi connectivity index (χ0) is 12.6. The summed E-state index contributed by atoms with van der Waals surface area (Å²) in [6.07, 6.45) is 5.25. The van der Waals surface area contributed by atoms with Crippen molar-refractivity contribution in [3.63, 3.8) is 0 Å². The average molecular weight is 198 g/mol. The smallest absolute Gasteiger partial charge is 0.0411 e. The molecule has 0 saturated carbocycles. The highest BCUT2D eigenvalue weighted by Crippen LogP contribution is 2.07. The first kappa shape index (κ1) is 23.2. The molecule has 0 rings (SSSR count). The van der Waals surface area contributed by atoms with E-state index in [-0.39, 0.29) is 0 Å². The highest BCUT2D eigenvalue weighted by molar-refractivity contribution is 4.52. The van der Waals surface area contributed by atoms with Crippen molar-refractivity contribution >= 4 is 0 Å². The normalized spacial score (nSPS) is 7.07. The Morgan fingerprint density at radius 1 is 0.643 bits per heavy atom. The van der Waals surface area contributed by atoms with Crippen LogP contribution in [-0.2, 0) is 0 Å².